The molecule has 0 saturated heterocycles. The highest BCUT2D eigenvalue weighted by Gasteiger charge is 2.25. The number of quaternary nitrogens is 1. The summed E-state index contributed by atoms with van der Waals surface area (Å²) in [4.78, 5) is 37.2. The van der Waals surface area contributed by atoms with Crippen LogP contribution in [0.3, 0.4) is 0 Å². The monoisotopic (exact) mass is 962 g/mol. The number of allylic oxidation sites excluding steroid dienone is 2. The summed E-state index contributed by atoms with van der Waals surface area (Å²) in [6.45, 7) is 4.73. The standard InChI is InChI=1S/C60H115NO7/c1-6-8-10-12-14-16-18-20-22-24-26-28-30-32-34-36-38-40-42-44-46-48-50-58(62)67-55-56(54-66-53-52-57(60(64)65)61(3,4)5)68-59(63)51-49-47-45-43-41-39-37-35-33-31-29-27-25-23-21-19-17-15-13-11-9-7-2/h30,32,56-57H,6-29,31,33-55H2,1-5H3/b32-30+. The second-order valence-corrected chi connectivity index (χ2v) is 21.6. The van der Waals surface area contributed by atoms with E-state index in [4.69, 9.17) is 14.2 Å². The second kappa shape index (κ2) is 51.4. The minimum Gasteiger partial charge on any atom is -0.544 e. The molecule has 0 aromatic heterocycles. The van der Waals surface area contributed by atoms with Gasteiger partial charge in [-0.3, -0.25) is 9.59 Å². The fourth-order valence-corrected chi connectivity index (χ4v) is 9.31. The summed E-state index contributed by atoms with van der Waals surface area (Å²) in [5.41, 5.74) is 0. The average Bonchev–Trinajstić information content (AvgIpc) is 3.30. The molecule has 0 saturated carbocycles. The van der Waals surface area contributed by atoms with Crippen LogP contribution in [0.5, 0.6) is 0 Å². The van der Waals surface area contributed by atoms with Crippen molar-refractivity contribution in [2.45, 2.75) is 315 Å². The van der Waals surface area contributed by atoms with Crippen molar-refractivity contribution >= 4 is 17.9 Å². The molecular formula is C60H115NO7. The van der Waals surface area contributed by atoms with E-state index in [-0.39, 0.29) is 42.7 Å². The van der Waals surface area contributed by atoms with Gasteiger partial charge in [0.05, 0.1) is 40.3 Å². The minimum absolute atomic E-state index is 0.0461. The first-order valence-electron chi connectivity index (χ1n) is 29.7. The normalized spacial score (nSPS) is 12.8. The number of hydrogen-bond acceptors (Lipinski definition) is 7. The maximum Gasteiger partial charge on any atom is 0.306 e. The number of nitrogens with zero attached hydrogens (tertiary/aromatic N) is 1. The highest BCUT2D eigenvalue weighted by atomic mass is 16.6. The van der Waals surface area contributed by atoms with Crippen LogP contribution in [0, 0.1) is 0 Å². The van der Waals surface area contributed by atoms with Crippen LogP contribution >= 0.6 is 0 Å². The number of unbranched alkanes of at least 4 members (excludes halogenated alkanes) is 39. The lowest BCUT2D eigenvalue weighted by molar-refractivity contribution is -0.889. The van der Waals surface area contributed by atoms with Crippen LogP contribution in [-0.4, -0.2) is 75.5 Å². The third-order valence-corrected chi connectivity index (χ3v) is 13.9. The fourth-order valence-electron chi connectivity index (χ4n) is 9.31. The van der Waals surface area contributed by atoms with E-state index in [0.717, 1.165) is 38.5 Å². The molecule has 0 spiro atoms. The van der Waals surface area contributed by atoms with Crippen molar-refractivity contribution in [3.63, 3.8) is 0 Å². The van der Waals surface area contributed by atoms with Gasteiger partial charge in [0, 0.05) is 19.3 Å². The van der Waals surface area contributed by atoms with Crippen molar-refractivity contribution < 1.29 is 38.2 Å². The van der Waals surface area contributed by atoms with Crippen molar-refractivity contribution in [2.24, 2.45) is 0 Å². The number of esters is 2. The van der Waals surface area contributed by atoms with Crippen LogP contribution in [0.25, 0.3) is 0 Å². The van der Waals surface area contributed by atoms with Gasteiger partial charge >= 0.3 is 11.9 Å². The molecule has 2 atom stereocenters. The van der Waals surface area contributed by atoms with E-state index >= 15 is 0 Å². The van der Waals surface area contributed by atoms with Crippen LogP contribution in [0.4, 0.5) is 0 Å². The number of likely N-dealkylation sites (N-methyl/N-ethyl adjacent to an activating group) is 1. The third-order valence-electron chi connectivity index (χ3n) is 13.9. The molecule has 2 unspecified atom stereocenters. The molecule has 0 radical (unpaired) electrons. The number of carboxylic acids is 1. The predicted molar refractivity (Wildman–Crippen MR) is 287 cm³/mol. The molecule has 68 heavy (non-hydrogen) atoms. The molecule has 0 aliphatic rings. The van der Waals surface area contributed by atoms with Gasteiger partial charge in [-0.05, 0) is 38.5 Å². The average molecular weight is 963 g/mol. The van der Waals surface area contributed by atoms with E-state index in [1.807, 2.05) is 21.1 Å². The van der Waals surface area contributed by atoms with Crippen molar-refractivity contribution in [1.82, 2.24) is 0 Å². The predicted octanol–water partition coefficient (Wildman–Crippen LogP) is 16.4. The number of carbonyl (C=O) groups excluding carboxylic acids is 3. The zero-order valence-corrected chi connectivity index (χ0v) is 46.1. The topological polar surface area (TPSA) is 102 Å². The molecule has 0 rings (SSSR count). The second-order valence-electron chi connectivity index (χ2n) is 21.6. The summed E-state index contributed by atoms with van der Waals surface area (Å²) < 4.78 is 17.3. The molecule has 0 amide bonds. The Labute approximate surface area is 422 Å². The maximum absolute atomic E-state index is 12.8. The van der Waals surface area contributed by atoms with E-state index in [1.54, 1.807) is 0 Å². The highest BCUT2D eigenvalue weighted by Crippen LogP contribution is 2.18. The Morgan fingerprint density at radius 3 is 1.06 bits per heavy atom. The van der Waals surface area contributed by atoms with Gasteiger partial charge in [0.25, 0.3) is 0 Å². The smallest absolute Gasteiger partial charge is 0.306 e. The molecule has 0 aromatic carbocycles. The van der Waals surface area contributed by atoms with Crippen LogP contribution in [0.15, 0.2) is 12.2 Å². The number of hydrogen-bond donors (Lipinski definition) is 0. The first-order valence-corrected chi connectivity index (χ1v) is 29.7. The van der Waals surface area contributed by atoms with Crippen molar-refractivity contribution in [2.75, 3.05) is 41.0 Å². The summed E-state index contributed by atoms with van der Waals surface area (Å²) in [6, 6.07) is -0.723. The Morgan fingerprint density at radius 1 is 0.426 bits per heavy atom. The molecule has 8 heteroatoms. The molecule has 402 valence electrons. The molecule has 0 aliphatic heterocycles. The van der Waals surface area contributed by atoms with Gasteiger partial charge in [-0.15, -0.1) is 0 Å². The van der Waals surface area contributed by atoms with Crippen LogP contribution in [0.2, 0.25) is 0 Å². The third kappa shape index (κ3) is 49.1. The Morgan fingerprint density at radius 2 is 0.735 bits per heavy atom. The molecule has 0 aromatic rings. The fraction of sp³-hybridized carbons (Fsp3) is 0.917. The Balaban J connectivity index is 4.12. The summed E-state index contributed by atoms with van der Waals surface area (Å²) in [6.07, 6.45) is 59.7. The zero-order valence-electron chi connectivity index (χ0n) is 46.1. The number of aliphatic carboxylic acids is 1. The van der Waals surface area contributed by atoms with Crippen molar-refractivity contribution in [3.8, 4) is 0 Å². The lowest BCUT2D eigenvalue weighted by Crippen LogP contribution is -2.55. The van der Waals surface area contributed by atoms with E-state index in [0.29, 0.717) is 12.8 Å². The van der Waals surface area contributed by atoms with Gasteiger partial charge < -0.3 is 28.6 Å². The van der Waals surface area contributed by atoms with Gasteiger partial charge in [-0.1, -0.05) is 257 Å². The van der Waals surface area contributed by atoms with Crippen molar-refractivity contribution in [1.29, 1.82) is 0 Å². The van der Waals surface area contributed by atoms with Crippen LogP contribution in [0.1, 0.15) is 303 Å². The Kier molecular flexibility index (Phi) is 50.0. The Bertz CT molecular complexity index is 1120. The number of ether oxygens (including phenoxy) is 3. The summed E-state index contributed by atoms with van der Waals surface area (Å²) in [5.74, 6) is -1.71. The summed E-state index contributed by atoms with van der Waals surface area (Å²) in [5, 5.41) is 11.7. The molecule has 8 nitrogen and oxygen atoms in total. The van der Waals surface area contributed by atoms with Crippen molar-refractivity contribution in [3.05, 3.63) is 12.2 Å². The molecule has 0 N–H and O–H groups in total. The van der Waals surface area contributed by atoms with E-state index in [2.05, 4.69) is 26.0 Å². The number of carboxylic acid groups (broad SMARTS) is 1. The van der Waals surface area contributed by atoms with Gasteiger partial charge in [0.1, 0.15) is 12.6 Å². The van der Waals surface area contributed by atoms with Gasteiger partial charge in [-0.25, -0.2) is 0 Å². The summed E-state index contributed by atoms with van der Waals surface area (Å²) in [7, 11) is 5.44. The largest absolute Gasteiger partial charge is 0.544 e. The number of carbonyl (C=O) groups is 3. The number of rotatable bonds is 55. The van der Waals surface area contributed by atoms with E-state index < -0.39 is 18.1 Å². The maximum atomic E-state index is 12.8. The molecular weight excluding hydrogens is 847 g/mol. The molecule has 0 aliphatic carbocycles. The van der Waals surface area contributed by atoms with Crippen LogP contribution in [-0.2, 0) is 28.6 Å². The van der Waals surface area contributed by atoms with Gasteiger partial charge in [0.15, 0.2) is 6.10 Å². The first-order chi connectivity index (χ1) is 33.1. The SMILES string of the molecule is CCCCCCCCCCCCC/C=C/CCCCCCCCCC(=O)OCC(COCCC(C(=O)[O-])[N+](C)(C)C)OC(=O)CCCCCCCCCCCCCCCCCCCCCCCC. The minimum atomic E-state index is -1.12. The lowest BCUT2D eigenvalue weighted by atomic mass is 10.0. The van der Waals surface area contributed by atoms with E-state index in [1.165, 1.54) is 231 Å². The highest BCUT2D eigenvalue weighted by molar-refractivity contribution is 5.70. The lowest BCUT2D eigenvalue weighted by Gasteiger charge is -2.34. The summed E-state index contributed by atoms with van der Waals surface area (Å²) >= 11 is 0. The molecule has 0 bridgehead atoms. The van der Waals surface area contributed by atoms with E-state index in [9.17, 15) is 19.5 Å². The Hall–Kier alpha value is -1.93. The van der Waals surface area contributed by atoms with Gasteiger partial charge in [-0.2, -0.15) is 0 Å². The molecule has 0 heterocycles. The zero-order chi connectivity index (χ0) is 49.9. The van der Waals surface area contributed by atoms with Gasteiger partial charge in [0.2, 0.25) is 0 Å². The van der Waals surface area contributed by atoms with Crippen LogP contribution < -0.4 is 5.11 Å². The first kappa shape index (κ1) is 66.1. The quantitative estimate of drug-likeness (QED) is 0.0259. The molecule has 0 fully saturated rings.